The molecule has 1 fully saturated rings. The molecule has 1 aromatic rings. The first kappa shape index (κ1) is 18.6. The van der Waals surface area contributed by atoms with Gasteiger partial charge >= 0.3 is 5.97 Å². The fraction of sp³-hybridized carbons (Fsp3) is 0.562. The zero-order chi connectivity index (χ0) is 17.7. The molecule has 6 N–H and O–H groups in total. The molecule has 1 heterocycles. The highest BCUT2D eigenvalue weighted by Gasteiger charge is 2.49. The normalized spacial score (nSPS) is 31.4. The Hall–Kier alpha value is -1.71. The summed E-state index contributed by atoms with van der Waals surface area (Å²) in [5.74, 6) is -3.06. The Morgan fingerprint density at radius 1 is 1.29 bits per heavy atom. The van der Waals surface area contributed by atoms with Crippen molar-refractivity contribution in [3.8, 4) is 0 Å². The summed E-state index contributed by atoms with van der Waals surface area (Å²) in [6, 6.07) is 8.49. The maximum absolute atomic E-state index is 10.8. The van der Waals surface area contributed by atoms with Gasteiger partial charge in [0.1, 0.15) is 18.3 Å². The molecule has 0 spiro atoms. The van der Waals surface area contributed by atoms with Crippen molar-refractivity contribution in [3.63, 3.8) is 0 Å². The first-order valence-corrected chi connectivity index (χ1v) is 7.76. The lowest BCUT2D eigenvalue weighted by Crippen LogP contribution is -2.62. The zero-order valence-corrected chi connectivity index (χ0v) is 13.1. The topological polar surface area (TPSA) is 139 Å². The molecule has 0 aliphatic carbocycles. The molecular formula is C16H23NO7. The van der Waals surface area contributed by atoms with Gasteiger partial charge in [-0.2, -0.15) is 0 Å². The van der Waals surface area contributed by atoms with E-state index in [1.54, 1.807) is 24.3 Å². The van der Waals surface area contributed by atoms with Crippen LogP contribution in [0.1, 0.15) is 19.3 Å². The highest BCUT2D eigenvalue weighted by molar-refractivity contribution is 5.66. The Balaban J connectivity index is 2.09. The predicted molar refractivity (Wildman–Crippen MR) is 84.3 cm³/mol. The summed E-state index contributed by atoms with van der Waals surface area (Å²) in [6.45, 7) is -0.328. The van der Waals surface area contributed by atoms with Crippen molar-refractivity contribution >= 4 is 11.7 Å². The van der Waals surface area contributed by atoms with Crippen LogP contribution in [0.5, 0.6) is 0 Å². The van der Waals surface area contributed by atoms with Crippen LogP contribution in [-0.2, 0) is 9.53 Å². The van der Waals surface area contributed by atoms with Crippen LogP contribution in [0.3, 0.4) is 0 Å². The maximum Gasteiger partial charge on any atom is 0.303 e. The summed E-state index contributed by atoms with van der Waals surface area (Å²) < 4.78 is 5.14. The van der Waals surface area contributed by atoms with E-state index in [2.05, 4.69) is 5.32 Å². The number of anilines is 1. The molecule has 1 saturated heterocycles. The monoisotopic (exact) mass is 341 g/mol. The van der Waals surface area contributed by atoms with Gasteiger partial charge < -0.3 is 35.6 Å². The smallest absolute Gasteiger partial charge is 0.303 e. The molecule has 1 aliphatic rings. The van der Waals surface area contributed by atoms with E-state index in [4.69, 9.17) is 9.84 Å². The van der Waals surface area contributed by atoms with Crippen molar-refractivity contribution in [2.24, 2.45) is 0 Å². The summed E-state index contributed by atoms with van der Waals surface area (Å²) in [7, 11) is 0. The summed E-state index contributed by atoms with van der Waals surface area (Å²) in [5.41, 5.74) is 0.724. The zero-order valence-electron chi connectivity index (χ0n) is 13.1. The van der Waals surface area contributed by atoms with Crippen LogP contribution < -0.4 is 5.32 Å². The molecule has 0 radical (unpaired) electrons. The summed E-state index contributed by atoms with van der Waals surface area (Å²) in [5, 5.41) is 51.8. The van der Waals surface area contributed by atoms with Gasteiger partial charge in [0.05, 0.1) is 6.61 Å². The van der Waals surface area contributed by atoms with Crippen LogP contribution in [0, 0.1) is 0 Å². The minimum atomic E-state index is -2.08. The van der Waals surface area contributed by atoms with Crippen LogP contribution >= 0.6 is 0 Å². The lowest BCUT2D eigenvalue weighted by molar-refractivity contribution is -0.324. The third-order valence-electron chi connectivity index (χ3n) is 4.07. The molecule has 0 bridgehead atoms. The Bertz CT molecular complexity index is 540. The second-order valence-corrected chi connectivity index (χ2v) is 6.00. The van der Waals surface area contributed by atoms with Gasteiger partial charge in [-0.15, -0.1) is 0 Å². The van der Waals surface area contributed by atoms with Crippen LogP contribution in [0.2, 0.25) is 0 Å². The van der Waals surface area contributed by atoms with Crippen molar-refractivity contribution < 1.29 is 35.1 Å². The first-order valence-electron chi connectivity index (χ1n) is 7.76. The molecule has 1 aliphatic heterocycles. The number of carboxylic acid groups (broad SMARTS) is 1. The molecule has 5 atom stereocenters. The molecule has 1 aromatic carbocycles. The van der Waals surface area contributed by atoms with Crippen LogP contribution in [-0.4, -0.2) is 68.2 Å². The average Bonchev–Trinajstić information content (AvgIpc) is 2.56. The maximum atomic E-state index is 10.8. The van der Waals surface area contributed by atoms with Crippen LogP contribution in [0.15, 0.2) is 30.3 Å². The van der Waals surface area contributed by atoms with E-state index in [1.807, 2.05) is 6.07 Å². The number of aliphatic hydroxyl groups excluding tert-OH is 3. The lowest BCUT2D eigenvalue weighted by Gasteiger charge is -2.43. The van der Waals surface area contributed by atoms with Gasteiger partial charge in [0.15, 0.2) is 5.79 Å². The number of carboxylic acids is 1. The number of nitrogens with one attached hydrogen (secondary N) is 1. The molecule has 2 rings (SSSR count). The highest BCUT2D eigenvalue weighted by Crippen LogP contribution is 2.30. The molecule has 1 unspecified atom stereocenters. The number of ether oxygens (including phenoxy) is 1. The number of hydrogen-bond acceptors (Lipinski definition) is 7. The lowest BCUT2D eigenvalue weighted by atomic mass is 9.90. The Labute approximate surface area is 139 Å². The number of aliphatic hydroxyl groups is 4. The van der Waals surface area contributed by atoms with E-state index in [-0.39, 0.29) is 25.9 Å². The van der Waals surface area contributed by atoms with Crippen molar-refractivity contribution in [2.75, 3.05) is 11.9 Å². The van der Waals surface area contributed by atoms with Crippen molar-refractivity contribution in [2.45, 2.75) is 49.4 Å². The van der Waals surface area contributed by atoms with Gasteiger partial charge in [-0.05, 0) is 18.6 Å². The molecule has 24 heavy (non-hydrogen) atoms. The predicted octanol–water partition coefficient (Wildman–Crippen LogP) is -0.476. The molecule has 134 valence electrons. The standard InChI is InChI=1S/C16H23NO7/c18-12-9-24-16(23,15(22)14(12)21)8-11(6-7-13(19)20)17-10-4-2-1-3-5-10/h1-5,11-12,14-15,17-18,21-23H,6-9H2,(H,19,20)/t11?,12-,14+,15-,16+/m1/s1. The number of para-hydroxylation sites is 1. The molecule has 0 aromatic heterocycles. The summed E-state index contributed by atoms with van der Waals surface area (Å²) in [6.07, 6.45) is -4.64. The molecule has 0 saturated carbocycles. The van der Waals surface area contributed by atoms with E-state index in [0.717, 1.165) is 5.69 Å². The fourth-order valence-corrected chi connectivity index (χ4v) is 2.72. The molecule has 8 nitrogen and oxygen atoms in total. The van der Waals surface area contributed by atoms with E-state index in [1.165, 1.54) is 0 Å². The number of rotatable bonds is 7. The van der Waals surface area contributed by atoms with Crippen LogP contribution in [0.4, 0.5) is 5.69 Å². The van der Waals surface area contributed by atoms with Gasteiger partial charge in [0.2, 0.25) is 0 Å². The van der Waals surface area contributed by atoms with Gasteiger partial charge in [-0.1, -0.05) is 18.2 Å². The summed E-state index contributed by atoms with van der Waals surface area (Å²) >= 11 is 0. The highest BCUT2D eigenvalue weighted by atomic mass is 16.6. The van der Waals surface area contributed by atoms with Gasteiger partial charge in [0.25, 0.3) is 0 Å². The van der Waals surface area contributed by atoms with E-state index in [0.29, 0.717) is 0 Å². The quantitative estimate of drug-likeness (QED) is 0.391. The van der Waals surface area contributed by atoms with Crippen LogP contribution in [0.25, 0.3) is 0 Å². The van der Waals surface area contributed by atoms with Gasteiger partial charge in [-0.3, -0.25) is 4.79 Å². The van der Waals surface area contributed by atoms with Crippen molar-refractivity contribution in [1.29, 1.82) is 0 Å². The minimum absolute atomic E-state index is 0.137. The van der Waals surface area contributed by atoms with Gasteiger partial charge in [0, 0.05) is 24.6 Å². The molecule has 0 amide bonds. The number of aliphatic carboxylic acids is 1. The first-order chi connectivity index (χ1) is 11.3. The molecular weight excluding hydrogens is 318 g/mol. The second-order valence-electron chi connectivity index (χ2n) is 6.00. The Morgan fingerprint density at radius 2 is 1.96 bits per heavy atom. The van der Waals surface area contributed by atoms with Crippen molar-refractivity contribution in [3.05, 3.63) is 30.3 Å². The van der Waals surface area contributed by atoms with E-state index in [9.17, 15) is 25.2 Å². The van der Waals surface area contributed by atoms with Crippen molar-refractivity contribution in [1.82, 2.24) is 0 Å². The number of hydrogen-bond donors (Lipinski definition) is 6. The summed E-state index contributed by atoms with van der Waals surface area (Å²) in [4.78, 5) is 10.8. The average molecular weight is 341 g/mol. The minimum Gasteiger partial charge on any atom is -0.481 e. The Kier molecular flexibility index (Phi) is 6.14. The number of carbonyl (C=O) groups is 1. The fourth-order valence-electron chi connectivity index (χ4n) is 2.72. The second kappa shape index (κ2) is 7.91. The third kappa shape index (κ3) is 4.65. The number of benzene rings is 1. The largest absolute Gasteiger partial charge is 0.481 e. The van der Waals surface area contributed by atoms with E-state index >= 15 is 0 Å². The van der Waals surface area contributed by atoms with E-state index < -0.39 is 36.1 Å². The SMILES string of the molecule is O=C(O)CCC(C[C@]1(O)OC[C@@H](O)[C@H](O)[C@H]1O)Nc1ccccc1. The van der Waals surface area contributed by atoms with Gasteiger partial charge in [-0.25, -0.2) is 0 Å². The third-order valence-corrected chi connectivity index (χ3v) is 4.07. The Morgan fingerprint density at radius 3 is 2.58 bits per heavy atom. The molecule has 8 heteroatoms.